The van der Waals surface area contributed by atoms with E-state index in [2.05, 4.69) is 10.3 Å². The molecule has 0 fully saturated rings. The standard InChI is InChI=1S/C15H15N3O3S/c1-10-17-11(9-22-10)8-16-14(19)6-7-18-12-4-2-3-5-13(12)21-15(18)20/h2-5,9H,6-8H2,1H3,(H,16,19). The summed E-state index contributed by atoms with van der Waals surface area (Å²) in [5.74, 6) is -0.563. The third-order valence-corrected chi connectivity index (χ3v) is 4.09. The Labute approximate surface area is 130 Å². The van der Waals surface area contributed by atoms with Gasteiger partial charge in [0.1, 0.15) is 0 Å². The van der Waals surface area contributed by atoms with Gasteiger partial charge in [0.25, 0.3) is 0 Å². The van der Waals surface area contributed by atoms with Gasteiger partial charge in [-0.05, 0) is 19.1 Å². The van der Waals surface area contributed by atoms with Crippen molar-refractivity contribution in [1.29, 1.82) is 0 Å². The van der Waals surface area contributed by atoms with Crippen LogP contribution in [-0.4, -0.2) is 15.5 Å². The maximum Gasteiger partial charge on any atom is 0.419 e. The SMILES string of the molecule is Cc1nc(CNC(=O)CCn2c(=O)oc3ccccc32)cs1. The molecule has 0 atom stereocenters. The smallest absolute Gasteiger partial charge is 0.408 e. The van der Waals surface area contributed by atoms with E-state index in [1.54, 1.807) is 29.5 Å². The number of oxazole rings is 1. The fraction of sp³-hybridized carbons (Fsp3) is 0.267. The van der Waals surface area contributed by atoms with E-state index in [-0.39, 0.29) is 18.9 Å². The van der Waals surface area contributed by atoms with Gasteiger partial charge in [-0.2, -0.15) is 0 Å². The largest absolute Gasteiger partial charge is 0.419 e. The highest BCUT2D eigenvalue weighted by Crippen LogP contribution is 2.12. The minimum atomic E-state index is -0.441. The van der Waals surface area contributed by atoms with E-state index < -0.39 is 5.76 Å². The maximum absolute atomic E-state index is 11.9. The van der Waals surface area contributed by atoms with Crippen LogP contribution >= 0.6 is 11.3 Å². The average Bonchev–Trinajstić information content (AvgIpc) is 3.05. The van der Waals surface area contributed by atoms with Crippen LogP contribution in [-0.2, 0) is 17.9 Å². The Morgan fingerprint density at radius 1 is 1.41 bits per heavy atom. The van der Waals surface area contributed by atoms with E-state index in [1.807, 2.05) is 18.4 Å². The second-order valence-electron chi connectivity index (χ2n) is 4.87. The Bertz CT molecular complexity index is 862. The quantitative estimate of drug-likeness (QED) is 0.781. The van der Waals surface area contributed by atoms with Crippen molar-refractivity contribution in [3.05, 3.63) is 50.9 Å². The van der Waals surface area contributed by atoms with Crippen molar-refractivity contribution in [2.45, 2.75) is 26.4 Å². The van der Waals surface area contributed by atoms with Crippen LogP contribution in [0.15, 0.2) is 38.9 Å². The summed E-state index contributed by atoms with van der Waals surface area (Å²) < 4.78 is 6.60. The number of carbonyl (C=O) groups is 1. The third kappa shape index (κ3) is 3.09. The number of hydrogen-bond donors (Lipinski definition) is 1. The molecule has 1 amide bonds. The van der Waals surface area contributed by atoms with Gasteiger partial charge in [0.05, 0.1) is 22.8 Å². The fourth-order valence-electron chi connectivity index (χ4n) is 2.21. The number of rotatable bonds is 5. The number of hydrogen-bond acceptors (Lipinski definition) is 5. The van der Waals surface area contributed by atoms with E-state index >= 15 is 0 Å². The highest BCUT2D eigenvalue weighted by atomic mass is 32.1. The van der Waals surface area contributed by atoms with Crippen molar-refractivity contribution >= 4 is 28.3 Å². The highest BCUT2D eigenvalue weighted by molar-refractivity contribution is 7.09. The number of nitrogens with zero attached hydrogens (tertiary/aromatic N) is 2. The van der Waals surface area contributed by atoms with Crippen molar-refractivity contribution in [3.8, 4) is 0 Å². The molecule has 7 heteroatoms. The number of aromatic nitrogens is 2. The van der Waals surface area contributed by atoms with Gasteiger partial charge in [0.2, 0.25) is 5.91 Å². The lowest BCUT2D eigenvalue weighted by molar-refractivity contribution is -0.121. The van der Waals surface area contributed by atoms with Crippen LogP contribution in [0.25, 0.3) is 11.1 Å². The summed E-state index contributed by atoms with van der Waals surface area (Å²) in [7, 11) is 0. The molecule has 0 saturated heterocycles. The molecule has 0 aliphatic rings. The molecule has 0 spiro atoms. The van der Waals surface area contributed by atoms with Gasteiger partial charge < -0.3 is 9.73 Å². The Hall–Kier alpha value is -2.41. The van der Waals surface area contributed by atoms with E-state index in [4.69, 9.17) is 4.42 Å². The summed E-state index contributed by atoms with van der Waals surface area (Å²) in [6.07, 6.45) is 0.215. The number of nitrogens with one attached hydrogen (secondary N) is 1. The van der Waals surface area contributed by atoms with Gasteiger partial charge in [0.15, 0.2) is 5.58 Å². The zero-order valence-corrected chi connectivity index (χ0v) is 12.9. The molecular weight excluding hydrogens is 302 g/mol. The minimum absolute atomic E-state index is 0.122. The monoisotopic (exact) mass is 317 g/mol. The van der Waals surface area contributed by atoms with E-state index in [9.17, 15) is 9.59 Å². The first-order chi connectivity index (χ1) is 10.6. The summed E-state index contributed by atoms with van der Waals surface area (Å²) >= 11 is 1.55. The lowest BCUT2D eigenvalue weighted by Crippen LogP contribution is -2.25. The molecule has 114 valence electrons. The second-order valence-corrected chi connectivity index (χ2v) is 5.93. The third-order valence-electron chi connectivity index (χ3n) is 3.27. The molecule has 0 unspecified atom stereocenters. The Kier molecular flexibility index (Phi) is 4.06. The van der Waals surface area contributed by atoms with Crippen molar-refractivity contribution in [3.63, 3.8) is 0 Å². The molecule has 0 aliphatic carbocycles. The van der Waals surface area contributed by atoms with Crippen molar-refractivity contribution in [2.24, 2.45) is 0 Å². The number of thiazole rings is 1. The van der Waals surface area contributed by atoms with Gasteiger partial charge in [-0.25, -0.2) is 9.78 Å². The predicted molar refractivity (Wildman–Crippen MR) is 83.8 cm³/mol. The van der Waals surface area contributed by atoms with Crippen molar-refractivity contribution in [1.82, 2.24) is 14.9 Å². The van der Waals surface area contributed by atoms with Gasteiger partial charge in [-0.1, -0.05) is 12.1 Å². The summed E-state index contributed by atoms with van der Waals surface area (Å²) in [4.78, 5) is 28.0. The first kappa shape index (κ1) is 14.5. The minimum Gasteiger partial charge on any atom is -0.408 e. The van der Waals surface area contributed by atoms with Crippen molar-refractivity contribution < 1.29 is 9.21 Å². The summed E-state index contributed by atoms with van der Waals surface area (Å²) in [5, 5.41) is 5.69. The first-order valence-electron chi connectivity index (χ1n) is 6.89. The first-order valence-corrected chi connectivity index (χ1v) is 7.77. The highest BCUT2D eigenvalue weighted by Gasteiger charge is 2.10. The lowest BCUT2D eigenvalue weighted by Gasteiger charge is -2.04. The summed E-state index contributed by atoms with van der Waals surface area (Å²) in [6.45, 7) is 2.62. The van der Waals surface area contributed by atoms with E-state index in [0.29, 0.717) is 17.6 Å². The number of aryl methyl sites for hydroxylation is 2. The molecule has 22 heavy (non-hydrogen) atoms. The normalized spacial score (nSPS) is 11.0. The zero-order valence-electron chi connectivity index (χ0n) is 12.0. The van der Waals surface area contributed by atoms with Crippen LogP contribution in [0.4, 0.5) is 0 Å². The summed E-state index contributed by atoms with van der Waals surface area (Å²) in [5.41, 5.74) is 2.09. The van der Waals surface area contributed by atoms with Crippen LogP contribution in [0.5, 0.6) is 0 Å². The van der Waals surface area contributed by atoms with Crippen LogP contribution in [0.1, 0.15) is 17.1 Å². The van der Waals surface area contributed by atoms with Gasteiger partial charge in [-0.15, -0.1) is 11.3 Å². The number of para-hydroxylation sites is 2. The number of carbonyl (C=O) groups excluding carboxylic acids is 1. The lowest BCUT2D eigenvalue weighted by atomic mass is 10.3. The molecule has 0 aliphatic heterocycles. The average molecular weight is 317 g/mol. The zero-order chi connectivity index (χ0) is 15.5. The van der Waals surface area contributed by atoms with Crippen LogP contribution < -0.4 is 11.1 Å². The molecule has 2 heterocycles. The van der Waals surface area contributed by atoms with E-state index in [0.717, 1.165) is 10.7 Å². The fourth-order valence-corrected chi connectivity index (χ4v) is 2.82. The molecule has 0 bridgehead atoms. The molecule has 2 aromatic heterocycles. The number of fused-ring (bicyclic) bond motifs is 1. The number of amides is 1. The Balaban J connectivity index is 1.60. The second kappa shape index (κ2) is 6.15. The Morgan fingerprint density at radius 2 is 2.23 bits per heavy atom. The maximum atomic E-state index is 11.9. The molecule has 3 aromatic rings. The van der Waals surface area contributed by atoms with Crippen molar-refractivity contribution in [2.75, 3.05) is 0 Å². The van der Waals surface area contributed by atoms with Crippen LogP contribution in [0.2, 0.25) is 0 Å². The topological polar surface area (TPSA) is 77.1 Å². The molecule has 1 aromatic carbocycles. The van der Waals surface area contributed by atoms with Crippen LogP contribution in [0, 0.1) is 6.92 Å². The molecule has 0 radical (unpaired) electrons. The summed E-state index contributed by atoms with van der Waals surface area (Å²) in [6, 6.07) is 7.17. The molecule has 6 nitrogen and oxygen atoms in total. The van der Waals surface area contributed by atoms with Gasteiger partial charge in [-0.3, -0.25) is 9.36 Å². The van der Waals surface area contributed by atoms with E-state index in [1.165, 1.54) is 4.57 Å². The molecule has 3 rings (SSSR count). The van der Waals surface area contributed by atoms with Crippen LogP contribution in [0.3, 0.4) is 0 Å². The molecule has 0 saturated carbocycles. The molecule has 1 N–H and O–H groups in total. The predicted octanol–water partition coefficient (Wildman–Crippen LogP) is 2.07. The molecular formula is C15H15N3O3S. The van der Waals surface area contributed by atoms with Gasteiger partial charge >= 0.3 is 5.76 Å². The van der Waals surface area contributed by atoms with Gasteiger partial charge in [0, 0.05) is 18.3 Å². The number of benzene rings is 1. The Morgan fingerprint density at radius 3 is 3.00 bits per heavy atom.